The Balaban J connectivity index is 2.13. The topological polar surface area (TPSA) is 72.1 Å². The van der Waals surface area contributed by atoms with Crippen molar-refractivity contribution in [3.63, 3.8) is 0 Å². The number of rotatable bonds is 2. The Morgan fingerprint density at radius 1 is 1.40 bits per heavy atom. The van der Waals surface area contributed by atoms with Crippen LogP contribution in [0, 0.1) is 5.82 Å². The molecule has 20 heavy (non-hydrogen) atoms. The third kappa shape index (κ3) is 2.04. The average molecular weight is 278 g/mol. The molecule has 2 aromatic rings. The zero-order valence-corrected chi connectivity index (χ0v) is 10.5. The maximum atomic E-state index is 13.6. The molecule has 1 amide bonds. The number of fused-ring (bicyclic) bond motifs is 1. The Morgan fingerprint density at radius 3 is 2.95 bits per heavy atom. The lowest BCUT2D eigenvalue weighted by Crippen LogP contribution is -2.40. The fraction of sp³-hybridized carbons (Fsp3) is 0.308. The van der Waals surface area contributed by atoms with Crippen molar-refractivity contribution >= 4 is 22.6 Å². The number of amides is 1. The van der Waals surface area contributed by atoms with Crippen LogP contribution in [0.2, 0.25) is 0 Å². The van der Waals surface area contributed by atoms with E-state index < -0.39 is 23.9 Å². The van der Waals surface area contributed by atoms with E-state index in [4.69, 9.17) is 5.73 Å². The van der Waals surface area contributed by atoms with Crippen LogP contribution in [0.3, 0.4) is 0 Å². The van der Waals surface area contributed by atoms with E-state index in [1.165, 1.54) is 29.4 Å². The number of carbonyl (C=O) groups excluding carboxylic acids is 1. The summed E-state index contributed by atoms with van der Waals surface area (Å²) in [6.45, 7) is 0.0102. The minimum Gasteiger partial charge on any atom is -0.368 e. The molecule has 2 atom stereocenters. The number of halogens is 2. The van der Waals surface area contributed by atoms with Gasteiger partial charge in [-0.15, -0.1) is 0 Å². The molecule has 1 aliphatic heterocycles. The zero-order chi connectivity index (χ0) is 14.3. The summed E-state index contributed by atoms with van der Waals surface area (Å²) >= 11 is 0. The highest BCUT2D eigenvalue weighted by Crippen LogP contribution is 2.30. The summed E-state index contributed by atoms with van der Waals surface area (Å²) in [5.41, 5.74) is 5.83. The van der Waals surface area contributed by atoms with Gasteiger partial charge in [-0.3, -0.25) is 4.79 Å². The number of nitrogens with two attached hydrogens (primary N) is 1. The number of carbonyl (C=O) groups is 1. The predicted molar refractivity (Wildman–Crippen MR) is 69.3 cm³/mol. The van der Waals surface area contributed by atoms with Crippen molar-refractivity contribution in [2.24, 2.45) is 5.73 Å². The van der Waals surface area contributed by atoms with Crippen molar-refractivity contribution in [2.45, 2.75) is 18.6 Å². The monoisotopic (exact) mass is 278 g/mol. The summed E-state index contributed by atoms with van der Waals surface area (Å²) in [6, 6.07) is 3.30. The smallest absolute Gasteiger partial charge is 0.240 e. The van der Waals surface area contributed by atoms with Crippen LogP contribution in [0.15, 0.2) is 24.5 Å². The van der Waals surface area contributed by atoms with Gasteiger partial charge < -0.3 is 10.6 Å². The third-order valence-corrected chi connectivity index (χ3v) is 3.43. The maximum Gasteiger partial charge on any atom is 0.240 e. The van der Waals surface area contributed by atoms with E-state index in [-0.39, 0.29) is 13.0 Å². The van der Waals surface area contributed by atoms with Crippen molar-refractivity contribution in [3.8, 4) is 0 Å². The van der Waals surface area contributed by atoms with Gasteiger partial charge in [-0.05, 0) is 18.2 Å². The molecule has 3 rings (SSSR count). The van der Waals surface area contributed by atoms with Crippen LogP contribution < -0.4 is 10.6 Å². The van der Waals surface area contributed by atoms with Crippen LogP contribution in [0.25, 0.3) is 10.9 Å². The Morgan fingerprint density at radius 2 is 2.20 bits per heavy atom. The largest absolute Gasteiger partial charge is 0.368 e. The molecule has 1 aromatic carbocycles. The van der Waals surface area contributed by atoms with Gasteiger partial charge in [0.1, 0.15) is 30.2 Å². The van der Waals surface area contributed by atoms with E-state index in [2.05, 4.69) is 9.97 Å². The van der Waals surface area contributed by atoms with E-state index in [1.807, 2.05) is 0 Å². The van der Waals surface area contributed by atoms with Gasteiger partial charge >= 0.3 is 0 Å². The second-order valence-electron chi connectivity index (χ2n) is 4.76. The van der Waals surface area contributed by atoms with E-state index in [9.17, 15) is 13.6 Å². The summed E-state index contributed by atoms with van der Waals surface area (Å²) in [5.74, 6) is -0.730. The zero-order valence-electron chi connectivity index (χ0n) is 10.5. The number of aromatic nitrogens is 2. The molecule has 104 valence electrons. The van der Waals surface area contributed by atoms with Gasteiger partial charge in [0.25, 0.3) is 0 Å². The number of nitrogens with zero attached hydrogens (tertiary/aromatic N) is 3. The first-order chi connectivity index (χ1) is 9.56. The summed E-state index contributed by atoms with van der Waals surface area (Å²) in [7, 11) is 0. The summed E-state index contributed by atoms with van der Waals surface area (Å²) in [4.78, 5) is 21.0. The van der Waals surface area contributed by atoms with Crippen LogP contribution in [0.5, 0.6) is 0 Å². The Labute approximate surface area is 113 Å². The molecule has 1 fully saturated rings. The number of hydrogen-bond acceptors (Lipinski definition) is 4. The van der Waals surface area contributed by atoms with Crippen LogP contribution in [-0.4, -0.2) is 34.6 Å². The minimum absolute atomic E-state index is 0.0102. The molecular weight excluding hydrogens is 266 g/mol. The summed E-state index contributed by atoms with van der Waals surface area (Å²) < 4.78 is 27.0. The first kappa shape index (κ1) is 12.7. The molecule has 7 heteroatoms. The van der Waals surface area contributed by atoms with E-state index >= 15 is 0 Å². The molecule has 1 saturated heterocycles. The number of hydrogen-bond donors (Lipinski definition) is 1. The summed E-state index contributed by atoms with van der Waals surface area (Å²) in [5, 5.41) is 0.438. The molecule has 2 N–H and O–H groups in total. The van der Waals surface area contributed by atoms with Crippen LogP contribution in [-0.2, 0) is 4.79 Å². The first-order valence-electron chi connectivity index (χ1n) is 6.16. The Kier molecular flexibility index (Phi) is 2.96. The fourth-order valence-corrected chi connectivity index (χ4v) is 2.53. The SMILES string of the molecule is NC(=O)[C@@H]1C[C@@H](F)CN1c1ncnc2ccc(F)cc12. The number of anilines is 1. The molecule has 1 aliphatic rings. The van der Waals surface area contributed by atoms with Gasteiger partial charge in [0.15, 0.2) is 0 Å². The molecule has 1 aromatic heterocycles. The molecule has 5 nitrogen and oxygen atoms in total. The summed E-state index contributed by atoms with van der Waals surface area (Å²) in [6.07, 6.45) is 0.168. The highest BCUT2D eigenvalue weighted by Gasteiger charge is 2.37. The van der Waals surface area contributed by atoms with Crippen molar-refractivity contribution in [1.82, 2.24) is 9.97 Å². The lowest BCUT2D eigenvalue weighted by Gasteiger charge is -2.23. The fourth-order valence-electron chi connectivity index (χ4n) is 2.53. The molecule has 0 bridgehead atoms. The highest BCUT2D eigenvalue weighted by molar-refractivity contribution is 5.93. The number of alkyl halides is 1. The number of benzene rings is 1. The van der Waals surface area contributed by atoms with E-state index in [0.717, 1.165) is 0 Å². The molecule has 0 radical (unpaired) electrons. The molecule has 2 heterocycles. The van der Waals surface area contributed by atoms with Gasteiger partial charge in [-0.1, -0.05) is 0 Å². The van der Waals surface area contributed by atoms with Gasteiger partial charge in [-0.2, -0.15) is 0 Å². The number of primary amides is 1. The van der Waals surface area contributed by atoms with Gasteiger partial charge in [-0.25, -0.2) is 18.7 Å². The van der Waals surface area contributed by atoms with Crippen molar-refractivity contribution in [2.75, 3.05) is 11.4 Å². The normalized spacial score (nSPS) is 22.4. The Bertz CT molecular complexity index is 678. The van der Waals surface area contributed by atoms with E-state index in [0.29, 0.717) is 16.7 Å². The lowest BCUT2D eigenvalue weighted by molar-refractivity contribution is -0.119. The molecule has 0 saturated carbocycles. The average Bonchev–Trinajstić information content (AvgIpc) is 2.80. The molecule has 0 spiro atoms. The molecular formula is C13H12F2N4O. The van der Waals surface area contributed by atoms with Crippen molar-refractivity contribution < 1.29 is 13.6 Å². The third-order valence-electron chi connectivity index (χ3n) is 3.43. The first-order valence-corrected chi connectivity index (χ1v) is 6.16. The van der Waals surface area contributed by atoms with E-state index in [1.54, 1.807) is 0 Å². The second-order valence-corrected chi connectivity index (χ2v) is 4.76. The van der Waals surface area contributed by atoms with Gasteiger partial charge in [0.2, 0.25) is 5.91 Å². The van der Waals surface area contributed by atoms with Crippen molar-refractivity contribution in [3.05, 3.63) is 30.3 Å². The molecule has 0 unspecified atom stereocenters. The van der Waals surface area contributed by atoms with Crippen LogP contribution in [0.4, 0.5) is 14.6 Å². The maximum absolute atomic E-state index is 13.6. The predicted octanol–water partition coefficient (Wildman–Crippen LogP) is 1.17. The second kappa shape index (κ2) is 4.66. The quantitative estimate of drug-likeness (QED) is 0.895. The highest BCUT2D eigenvalue weighted by atomic mass is 19.1. The standard InChI is InChI=1S/C13H12F2N4O/c14-7-1-2-10-9(3-7)13(18-6-17-10)19-5-8(15)4-11(19)12(16)20/h1-3,6,8,11H,4-5H2,(H2,16,20)/t8-,11+/m1/s1. The Hall–Kier alpha value is -2.31. The van der Waals surface area contributed by atoms with Crippen molar-refractivity contribution in [1.29, 1.82) is 0 Å². The lowest BCUT2D eigenvalue weighted by atomic mass is 10.2. The van der Waals surface area contributed by atoms with Crippen LogP contribution >= 0.6 is 0 Å². The minimum atomic E-state index is -1.16. The van der Waals surface area contributed by atoms with Gasteiger partial charge in [0.05, 0.1) is 12.1 Å². The van der Waals surface area contributed by atoms with Gasteiger partial charge in [0, 0.05) is 11.8 Å². The molecule has 0 aliphatic carbocycles. The van der Waals surface area contributed by atoms with Crippen LogP contribution in [0.1, 0.15) is 6.42 Å².